The number of halogens is 1. The average molecular weight is 433 g/mol. The van der Waals surface area contributed by atoms with Crippen molar-refractivity contribution in [3.8, 4) is 28.4 Å². The number of anilines is 1. The van der Waals surface area contributed by atoms with Gasteiger partial charge in [-0.05, 0) is 66.7 Å². The molecule has 0 saturated carbocycles. The number of carboxylic acids is 1. The highest BCUT2D eigenvalue weighted by Gasteiger charge is 2.15. The maximum atomic E-state index is 13.2. The molecule has 0 aliphatic rings. The van der Waals surface area contributed by atoms with Gasteiger partial charge in [0.15, 0.2) is 11.5 Å². The molecular weight excluding hydrogens is 413 g/mol. The number of carboxylic acid groups (broad SMARTS) is 1. The van der Waals surface area contributed by atoms with Crippen molar-refractivity contribution in [2.45, 2.75) is 6.54 Å². The first-order valence-corrected chi connectivity index (χ1v) is 9.73. The van der Waals surface area contributed by atoms with Crippen LogP contribution in [-0.2, 0) is 6.54 Å². The van der Waals surface area contributed by atoms with Crippen LogP contribution >= 0.6 is 0 Å². The van der Waals surface area contributed by atoms with E-state index in [0.29, 0.717) is 23.7 Å². The first-order chi connectivity index (χ1) is 15.4. The van der Waals surface area contributed by atoms with Gasteiger partial charge in [-0.3, -0.25) is 0 Å². The second-order valence-corrected chi connectivity index (χ2v) is 7.05. The highest BCUT2D eigenvalue weighted by atomic mass is 19.1. The Morgan fingerprint density at radius 2 is 1.81 bits per heavy atom. The van der Waals surface area contributed by atoms with E-state index >= 15 is 0 Å². The lowest BCUT2D eigenvalue weighted by Crippen LogP contribution is -2.00. The molecule has 0 unspecified atom stereocenters. The zero-order valence-corrected chi connectivity index (χ0v) is 17.1. The van der Waals surface area contributed by atoms with E-state index in [2.05, 4.69) is 10.4 Å². The van der Waals surface area contributed by atoms with E-state index in [1.807, 2.05) is 6.20 Å². The molecule has 3 aromatic carbocycles. The van der Waals surface area contributed by atoms with Crippen LogP contribution in [0.15, 0.2) is 72.9 Å². The van der Waals surface area contributed by atoms with E-state index < -0.39 is 5.97 Å². The van der Waals surface area contributed by atoms with Gasteiger partial charge in [0.1, 0.15) is 5.82 Å². The third kappa shape index (κ3) is 4.39. The minimum atomic E-state index is -1.00. The summed E-state index contributed by atoms with van der Waals surface area (Å²) in [5.41, 5.74) is 3.85. The molecule has 0 amide bonds. The van der Waals surface area contributed by atoms with Gasteiger partial charge in [0.2, 0.25) is 0 Å². The number of benzene rings is 3. The number of aromatic nitrogens is 2. The molecule has 0 saturated heterocycles. The largest absolute Gasteiger partial charge is 0.504 e. The summed E-state index contributed by atoms with van der Waals surface area (Å²) in [7, 11) is 1.47. The fourth-order valence-corrected chi connectivity index (χ4v) is 3.26. The second kappa shape index (κ2) is 8.81. The van der Waals surface area contributed by atoms with E-state index in [0.717, 1.165) is 16.8 Å². The third-order valence-corrected chi connectivity index (χ3v) is 4.95. The zero-order chi connectivity index (χ0) is 22.7. The number of aromatic hydroxyl groups is 1. The summed E-state index contributed by atoms with van der Waals surface area (Å²) in [5, 5.41) is 27.0. The highest BCUT2D eigenvalue weighted by molar-refractivity contribution is 5.87. The lowest BCUT2D eigenvalue weighted by molar-refractivity contribution is 0.0697. The van der Waals surface area contributed by atoms with Gasteiger partial charge >= 0.3 is 5.97 Å². The number of carbonyl (C=O) groups is 1. The van der Waals surface area contributed by atoms with Crippen LogP contribution in [0, 0.1) is 5.82 Å². The van der Waals surface area contributed by atoms with E-state index in [1.54, 1.807) is 41.1 Å². The Kier molecular flexibility index (Phi) is 5.76. The minimum Gasteiger partial charge on any atom is -0.504 e. The van der Waals surface area contributed by atoms with Crippen LogP contribution in [0.5, 0.6) is 11.5 Å². The molecule has 4 aromatic rings. The topological polar surface area (TPSA) is 96.6 Å². The van der Waals surface area contributed by atoms with Crippen LogP contribution in [0.4, 0.5) is 10.1 Å². The zero-order valence-electron chi connectivity index (χ0n) is 17.1. The third-order valence-electron chi connectivity index (χ3n) is 4.95. The monoisotopic (exact) mass is 433 g/mol. The fraction of sp³-hybridized carbons (Fsp3) is 0.0833. The van der Waals surface area contributed by atoms with Gasteiger partial charge in [-0.25, -0.2) is 13.9 Å². The molecule has 0 fully saturated rings. The molecule has 1 aromatic heterocycles. The Labute approximate surface area is 183 Å². The van der Waals surface area contributed by atoms with Crippen molar-refractivity contribution in [1.29, 1.82) is 0 Å². The summed E-state index contributed by atoms with van der Waals surface area (Å²) in [6, 6.07) is 17.4. The molecule has 0 atom stereocenters. The van der Waals surface area contributed by atoms with Gasteiger partial charge in [-0.2, -0.15) is 5.10 Å². The van der Waals surface area contributed by atoms with E-state index in [9.17, 15) is 14.3 Å². The SMILES string of the molecule is COc1cc(-c2nn(-c3ccc(C(=O)O)cc3)cc2CNc2ccc(F)cc2)ccc1O. The molecule has 7 nitrogen and oxygen atoms in total. The molecule has 3 N–H and O–H groups in total. The first kappa shape index (κ1) is 20.9. The van der Waals surface area contributed by atoms with Gasteiger partial charge in [0, 0.05) is 29.6 Å². The van der Waals surface area contributed by atoms with Gasteiger partial charge in [0.25, 0.3) is 0 Å². The molecular formula is C24H20FN3O4. The molecule has 1 heterocycles. The molecule has 4 rings (SSSR count). The van der Waals surface area contributed by atoms with Crippen LogP contribution in [-0.4, -0.2) is 33.1 Å². The standard InChI is InChI=1S/C24H20FN3O4/c1-32-22-12-16(4-11-21(22)29)23-17(13-26-19-7-5-18(25)6-8-19)14-28(27-23)20-9-2-15(3-10-20)24(30)31/h2-12,14,26,29H,13H2,1H3,(H,30,31). The Morgan fingerprint density at radius 1 is 1.09 bits per heavy atom. The minimum absolute atomic E-state index is 0.0194. The van der Waals surface area contributed by atoms with Crippen molar-refractivity contribution in [2.24, 2.45) is 0 Å². The number of phenols is 1. The molecule has 0 aliphatic carbocycles. The van der Waals surface area contributed by atoms with Crippen molar-refractivity contribution in [2.75, 3.05) is 12.4 Å². The highest BCUT2D eigenvalue weighted by Crippen LogP contribution is 2.33. The molecule has 0 bridgehead atoms. The number of nitrogens with one attached hydrogen (secondary N) is 1. The van der Waals surface area contributed by atoms with Crippen molar-refractivity contribution in [3.05, 3.63) is 89.9 Å². The summed E-state index contributed by atoms with van der Waals surface area (Å²) in [6.45, 7) is 0.400. The molecule has 8 heteroatoms. The summed E-state index contributed by atoms with van der Waals surface area (Å²) >= 11 is 0. The quantitative estimate of drug-likeness (QED) is 0.391. The summed E-state index contributed by atoms with van der Waals surface area (Å²) in [4.78, 5) is 11.1. The van der Waals surface area contributed by atoms with Gasteiger partial charge in [-0.1, -0.05) is 0 Å². The second-order valence-electron chi connectivity index (χ2n) is 7.05. The number of hydrogen-bond donors (Lipinski definition) is 3. The lowest BCUT2D eigenvalue weighted by Gasteiger charge is -2.08. The maximum absolute atomic E-state index is 13.2. The smallest absolute Gasteiger partial charge is 0.335 e. The van der Waals surface area contributed by atoms with Gasteiger partial charge < -0.3 is 20.3 Å². The van der Waals surface area contributed by atoms with Crippen molar-refractivity contribution in [3.63, 3.8) is 0 Å². The number of phenolic OH excluding ortho intramolecular Hbond substituents is 1. The molecule has 0 radical (unpaired) electrons. The number of methoxy groups -OCH3 is 1. The molecule has 162 valence electrons. The van der Waals surface area contributed by atoms with Gasteiger partial charge in [-0.15, -0.1) is 0 Å². The Morgan fingerprint density at radius 3 is 2.47 bits per heavy atom. The number of rotatable bonds is 7. The Bertz CT molecular complexity index is 1250. The first-order valence-electron chi connectivity index (χ1n) is 9.73. The number of ether oxygens (including phenoxy) is 1. The van der Waals surface area contributed by atoms with Crippen molar-refractivity contribution < 1.29 is 24.1 Å². The number of hydrogen-bond acceptors (Lipinski definition) is 5. The van der Waals surface area contributed by atoms with Crippen LogP contribution in [0.3, 0.4) is 0 Å². The average Bonchev–Trinajstić information content (AvgIpc) is 3.23. The number of aromatic carboxylic acids is 1. The predicted octanol–water partition coefficient (Wildman–Crippen LogP) is 4.70. The van der Waals surface area contributed by atoms with Crippen LogP contribution in [0.25, 0.3) is 16.9 Å². The molecule has 0 aliphatic heterocycles. The summed E-state index contributed by atoms with van der Waals surface area (Å²) < 4.78 is 20.1. The van der Waals surface area contributed by atoms with Crippen molar-refractivity contribution in [1.82, 2.24) is 9.78 Å². The fourth-order valence-electron chi connectivity index (χ4n) is 3.26. The normalized spacial score (nSPS) is 10.7. The van der Waals surface area contributed by atoms with Crippen LogP contribution in [0.1, 0.15) is 15.9 Å². The predicted molar refractivity (Wildman–Crippen MR) is 118 cm³/mol. The molecule has 32 heavy (non-hydrogen) atoms. The van der Waals surface area contributed by atoms with Crippen LogP contribution < -0.4 is 10.1 Å². The lowest BCUT2D eigenvalue weighted by atomic mass is 10.1. The van der Waals surface area contributed by atoms with Gasteiger partial charge in [0.05, 0.1) is 24.1 Å². The van der Waals surface area contributed by atoms with Crippen molar-refractivity contribution >= 4 is 11.7 Å². The van der Waals surface area contributed by atoms with E-state index in [-0.39, 0.29) is 17.1 Å². The Hall–Kier alpha value is -4.33. The van der Waals surface area contributed by atoms with E-state index in [1.165, 1.54) is 37.4 Å². The Balaban J connectivity index is 1.72. The van der Waals surface area contributed by atoms with E-state index in [4.69, 9.17) is 9.84 Å². The van der Waals surface area contributed by atoms with Crippen LogP contribution in [0.2, 0.25) is 0 Å². The maximum Gasteiger partial charge on any atom is 0.335 e. The number of nitrogens with zero attached hydrogens (tertiary/aromatic N) is 2. The molecule has 0 spiro atoms. The summed E-state index contributed by atoms with van der Waals surface area (Å²) in [5.74, 6) is -0.977. The summed E-state index contributed by atoms with van der Waals surface area (Å²) in [6.07, 6.45) is 1.83.